The average molecular weight is 259 g/mol. The van der Waals surface area contributed by atoms with E-state index in [2.05, 4.69) is 15.9 Å². The Labute approximate surface area is 90.3 Å². The van der Waals surface area contributed by atoms with Crippen LogP contribution in [0.15, 0.2) is 10.5 Å². The lowest BCUT2D eigenvalue weighted by Crippen LogP contribution is -2.21. The number of hydrogen-bond donors (Lipinski definition) is 0. The molecule has 1 fully saturated rings. The highest BCUT2D eigenvalue weighted by Gasteiger charge is 2.28. The van der Waals surface area contributed by atoms with E-state index in [1.165, 1.54) is 11.3 Å². The van der Waals surface area contributed by atoms with Crippen molar-refractivity contribution in [1.82, 2.24) is 0 Å². The summed E-state index contributed by atoms with van der Waals surface area (Å²) in [7, 11) is 0. The number of halogens is 1. The first-order valence-corrected chi connectivity index (χ1v) is 6.09. The molecule has 0 amide bonds. The van der Waals surface area contributed by atoms with Crippen LogP contribution in [-0.4, -0.2) is 5.78 Å². The normalized spacial score (nSPS) is 17.1. The maximum absolute atomic E-state index is 11.8. The molecule has 2 rings (SSSR count). The van der Waals surface area contributed by atoms with Crippen LogP contribution in [-0.2, 0) is 0 Å². The quantitative estimate of drug-likeness (QED) is 0.738. The molecule has 0 saturated heterocycles. The molecule has 0 N–H and O–H groups in total. The summed E-state index contributed by atoms with van der Waals surface area (Å²) in [6.07, 6.45) is 3.39. The molecule has 1 aromatic rings. The second-order valence-corrected chi connectivity index (χ2v) is 5.64. The Morgan fingerprint density at radius 2 is 2.31 bits per heavy atom. The van der Waals surface area contributed by atoms with Gasteiger partial charge in [0.2, 0.25) is 0 Å². The molecule has 1 aliphatic rings. The van der Waals surface area contributed by atoms with Gasteiger partial charge in [0.25, 0.3) is 0 Å². The molecule has 70 valence electrons. The van der Waals surface area contributed by atoms with Gasteiger partial charge >= 0.3 is 0 Å². The van der Waals surface area contributed by atoms with Crippen molar-refractivity contribution in [2.24, 2.45) is 5.92 Å². The smallest absolute Gasteiger partial charge is 0.177 e. The van der Waals surface area contributed by atoms with E-state index < -0.39 is 0 Å². The Morgan fingerprint density at radius 3 is 2.69 bits per heavy atom. The van der Waals surface area contributed by atoms with Gasteiger partial charge in [-0.15, -0.1) is 11.3 Å². The molecule has 3 heteroatoms. The lowest BCUT2D eigenvalue weighted by atomic mass is 9.82. The van der Waals surface area contributed by atoms with Crippen LogP contribution < -0.4 is 0 Å². The van der Waals surface area contributed by atoms with Gasteiger partial charge in [-0.25, -0.2) is 0 Å². The average Bonchev–Trinajstić information content (AvgIpc) is 2.26. The van der Waals surface area contributed by atoms with E-state index in [-0.39, 0.29) is 0 Å². The predicted molar refractivity (Wildman–Crippen MR) is 58.4 cm³/mol. The monoisotopic (exact) mass is 258 g/mol. The molecule has 1 heterocycles. The largest absolute Gasteiger partial charge is 0.293 e. The van der Waals surface area contributed by atoms with Gasteiger partial charge in [-0.3, -0.25) is 4.79 Å². The number of aryl methyl sites for hydroxylation is 1. The fourth-order valence-electron chi connectivity index (χ4n) is 1.51. The zero-order chi connectivity index (χ0) is 9.42. The van der Waals surface area contributed by atoms with Gasteiger partial charge in [0, 0.05) is 15.3 Å². The first-order chi connectivity index (χ1) is 6.18. The second kappa shape index (κ2) is 3.54. The molecule has 0 unspecified atom stereocenters. The van der Waals surface area contributed by atoms with Crippen molar-refractivity contribution in [1.29, 1.82) is 0 Å². The van der Waals surface area contributed by atoms with E-state index in [1.54, 1.807) is 11.3 Å². The highest BCUT2D eigenvalue weighted by atomic mass is 79.9. The van der Waals surface area contributed by atoms with Crippen molar-refractivity contribution in [2.45, 2.75) is 26.2 Å². The number of Topliss-reactive ketones (excluding diaryl/α,β-unsaturated/α-hetero) is 1. The van der Waals surface area contributed by atoms with E-state index in [0.29, 0.717) is 11.7 Å². The number of ketones is 1. The molecule has 1 saturated carbocycles. The number of hydrogen-bond acceptors (Lipinski definition) is 2. The lowest BCUT2D eigenvalue weighted by molar-refractivity contribution is 0.0859. The van der Waals surface area contributed by atoms with Crippen molar-refractivity contribution in [3.05, 3.63) is 20.3 Å². The zero-order valence-electron chi connectivity index (χ0n) is 7.47. The SMILES string of the molecule is Cc1cc(Br)c(C(=O)C2CCC2)s1. The van der Waals surface area contributed by atoms with E-state index >= 15 is 0 Å². The highest BCUT2D eigenvalue weighted by molar-refractivity contribution is 9.10. The van der Waals surface area contributed by atoms with Crippen molar-refractivity contribution in [3.63, 3.8) is 0 Å². The summed E-state index contributed by atoms with van der Waals surface area (Å²) < 4.78 is 0.979. The third-order valence-electron chi connectivity index (χ3n) is 2.51. The van der Waals surface area contributed by atoms with E-state index in [4.69, 9.17) is 0 Å². The van der Waals surface area contributed by atoms with Crippen molar-refractivity contribution in [3.8, 4) is 0 Å². The molecule has 1 aromatic heterocycles. The molecule has 0 bridgehead atoms. The van der Waals surface area contributed by atoms with Gasteiger partial charge in [0.05, 0.1) is 4.88 Å². The van der Waals surface area contributed by atoms with Crippen LogP contribution in [0.2, 0.25) is 0 Å². The van der Waals surface area contributed by atoms with Gasteiger partial charge in [0.1, 0.15) is 0 Å². The molecule has 13 heavy (non-hydrogen) atoms. The maximum Gasteiger partial charge on any atom is 0.177 e. The highest BCUT2D eigenvalue weighted by Crippen LogP contribution is 2.35. The third kappa shape index (κ3) is 1.72. The van der Waals surface area contributed by atoms with E-state index in [1.807, 2.05) is 13.0 Å². The lowest BCUT2D eigenvalue weighted by Gasteiger charge is -2.23. The Hall–Kier alpha value is -0.150. The predicted octanol–water partition coefficient (Wildman–Crippen LogP) is 3.80. The standard InChI is InChI=1S/C10H11BrOS/c1-6-5-8(11)10(13-6)9(12)7-3-2-4-7/h5,7H,2-4H2,1H3. The second-order valence-electron chi connectivity index (χ2n) is 3.53. The van der Waals surface area contributed by atoms with Crippen LogP contribution in [0.5, 0.6) is 0 Å². The summed E-state index contributed by atoms with van der Waals surface area (Å²) in [5.41, 5.74) is 0. The minimum atomic E-state index is 0.314. The Bertz CT molecular complexity index is 339. The van der Waals surface area contributed by atoms with Crippen molar-refractivity contribution in [2.75, 3.05) is 0 Å². The van der Waals surface area contributed by atoms with Crippen LogP contribution in [0.3, 0.4) is 0 Å². The third-order valence-corrected chi connectivity index (χ3v) is 4.46. The Morgan fingerprint density at radius 1 is 1.62 bits per heavy atom. The van der Waals surface area contributed by atoms with Gasteiger partial charge in [0.15, 0.2) is 5.78 Å². The molecule has 1 aliphatic carbocycles. The van der Waals surface area contributed by atoms with Crippen LogP contribution in [0.1, 0.15) is 33.8 Å². The van der Waals surface area contributed by atoms with Crippen LogP contribution >= 0.6 is 27.3 Å². The van der Waals surface area contributed by atoms with Crippen LogP contribution in [0.25, 0.3) is 0 Å². The summed E-state index contributed by atoms with van der Waals surface area (Å²) in [6.45, 7) is 2.03. The number of carbonyl (C=O) groups excluding carboxylic acids is 1. The topological polar surface area (TPSA) is 17.1 Å². The number of carbonyl (C=O) groups is 1. The van der Waals surface area contributed by atoms with Gasteiger partial charge in [-0.1, -0.05) is 6.42 Å². The molecule has 0 aliphatic heterocycles. The van der Waals surface area contributed by atoms with Gasteiger partial charge < -0.3 is 0 Å². The van der Waals surface area contributed by atoms with Crippen molar-refractivity contribution >= 4 is 33.0 Å². The van der Waals surface area contributed by atoms with Crippen LogP contribution in [0, 0.1) is 12.8 Å². The number of thiophene rings is 1. The molecule has 0 atom stereocenters. The number of rotatable bonds is 2. The first-order valence-electron chi connectivity index (χ1n) is 4.48. The van der Waals surface area contributed by atoms with E-state index in [9.17, 15) is 4.79 Å². The molecular formula is C10H11BrOS. The fourth-order valence-corrected chi connectivity index (χ4v) is 3.36. The molecule has 1 nitrogen and oxygen atoms in total. The zero-order valence-corrected chi connectivity index (χ0v) is 9.87. The molecule has 0 aromatic carbocycles. The van der Waals surface area contributed by atoms with Gasteiger partial charge in [-0.05, 0) is 41.8 Å². The summed E-state index contributed by atoms with van der Waals surface area (Å²) in [6, 6.07) is 2.02. The minimum Gasteiger partial charge on any atom is -0.293 e. The minimum absolute atomic E-state index is 0.314. The van der Waals surface area contributed by atoms with Crippen LogP contribution in [0.4, 0.5) is 0 Å². The summed E-state index contributed by atoms with van der Waals surface area (Å²) in [5, 5.41) is 0. The van der Waals surface area contributed by atoms with E-state index in [0.717, 1.165) is 22.2 Å². The Balaban J connectivity index is 2.23. The summed E-state index contributed by atoms with van der Waals surface area (Å²) in [4.78, 5) is 14.0. The fraction of sp³-hybridized carbons (Fsp3) is 0.500. The van der Waals surface area contributed by atoms with Gasteiger partial charge in [-0.2, -0.15) is 0 Å². The molecule has 0 spiro atoms. The van der Waals surface area contributed by atoms with Crippen molar-refractivity contribution < 1.29 is 4.79 Å². The maximum atomic E-state index is 11.8. The first kappa shape index (κ1) is 9.41. The Kier molecular flexibility index (Phi) is 2.56. The summed E-state index contributed by atoms with van der Waals surface area (Å²) in [5.74, 6) is 0.658. The molecular weight excluding hydrogens is 248 g/mol. The molecule has 0 radical (unpaired) electrons. The summed E-state index contributed by atoms with van der Waals surface area (Å²) >= 11 is 5.03.